The van der Waals surface area contributed by atoms with Gasteiger partial charge < -0.3 is 14.3 Å². The van der Waals surface area contributed by atoms with E-state index in [-0.39, 0.29) is 30.0 Å². The monoisotopic (exact) mass is 348 g/mol. The van der Waals surface area contributed by atoms with Gasteiger partial charge in [0.15, 0.2) is 8.32 Å². The molecule has 1 heterocycles. The maximum absolute atomic E-state index is 9.12. The third-order valence-corrected chi connectivity index (χ3v) is 9.66. The summed E-state index contributed by atoms with van der Waals surface area (Å²) in [6.07, 6.45) is 6.53. The van der Waals surface area contributed by atoms with Crippen molar-refractivity contribution in [3.05, 3.63) is 42.0 Å². The molecule has 134 valence electrons. The highest BCUT2D eigenvalue weighted by molar-refractivity contribution is 6.74. The van der Waals surface area contributed by atoms with Crippen LogP contribution < -0.4 is 0 Å². The summed E-state index contributed by atoms with van der Waals surface area (Å²) in [6, 6.07) is 10.3. The minimum Gasteiger partial charge on any atom is -0.411 e. The van der Waals surface area contributed by atoms with Gasteiger partial charge in [-0.05, 0) is 36.5 Å². The second-order valence-electron chi connectivity index (χ2n) is 8.16. The second kappa shape index (κ2) is 7.96. The van der Waals surface area contributed by atoms with E-state index in [1.807, 2.05) is 18.2 Å². The Kier molecular flexibility index (Phi) is 6.43. The molecule has 1 aromatic carbocycles. The highest BCUT2D eigenvalue weighted by Crippen LogP contribution is 2.38. The second-order valence-corrected chi connectivity index (χ2v) is 12.9. The first kappa shape index (κ1) is 19.4. The summed E-state index contributed by atoms with van der Waals surface area (Å²) in [5.74, 6) is 0. The summed E-state index contributed by atoms with van der Waals surface area (Å²) < 4.78 is 12.1. The Hall–Kier alpha value is -0.943. The lowest BCUT2D eigenvalue weighted by Gasteiger charge is -2.38. The predicted molar refractivity (Wildman–Crippen MR) is 103 cm³/mol. The van der Waals surface area contributed by atoms with E-state index in [2.05, 4.69) is 58.2 Å². The number of benzene rings is 1. The number of hydrogen-bond acceptors (Lipinski definition) is 3. The van der Waals surface area contributed by atoms with Crippen molar-refractivity contribution in [2.45, 2.75) is 70.1 Å². The van der Waals surface area contributed by atoms with Crippen LogP contribution in [0.5, 0.6) is 0 Å². The first-order valence-electron chi connectivity index (χ1n) is 8.90. The number of aliphatic hydroxyl groups is 1. The van der Waals surface area contributed by atoms with E-state index < -0.39 is 8.32 Å². The van der Waals surface area contributed by atoms with Gasteiger partial charge in [-0.3, -0.25) is 0 Å². The van der Waals surface area contributed by atoms with Crippen LogP contribution in [0.1, 0.15) is 39.2 Å². The predicted octanol–water partition coefficient (Wildman–Crippen LogP) is 4.63. The Labute approximate surface area is 147 Å². The summed E-state index contributed by atoms with van der Waals surface area (Å²) >= 11 is 0. The minimum absolute atomic E-state index is 0.0385. The van der Waals surface area contributed by atoms with Crippen LogP contribution in [0.2, 0.25) is 18.1 Å². The number of rotatable bonds is 8. The van der Waals surface area contributed by atoms with E-state index in [4.69, 9.17) is 14.3 Å². The van der Waals surface area contributed by atoms with E-state index in [0.717, 1.165) is 12.8 Å². The van der Waals surface area contributed by atoms with Crippen LogP contribution in [-0.4, -0.2) is 38.3 Å². The Morgan fingerprint density at radius 2 is 1.88 bits per heavy atom. The molecule has 0 radical (unpaired) electrons. The van der Waals surface area contributed by atoms with Gasteiger partial charge in [-0.25, -0.2) is 0 Å². The van der Waals surface area contributed by atoms with Crippen LogP contribution >= 0.6 is 0 Å². The Morgan fingerprint density at radius 3 is 2.42 bits per heavy atom. The first-order valence-corrected chi connectivity index (χ1v) is 11.8. The third kappa shape index (κ3) is 5.55. The van der Waals surface area contributed by atoms with Crippen LogP contribution in [0.25, 0.3) is 6.08 Å². The molecule has 1 saturated heterocycles. The lowest BCUT2D eigenvalue weighted by molar-refractivity contribution is 0.206. The summed E-state index contributed by atoms with van der Waals surface area (Å²) in [6.45, 7) is 11.5. The van der Waals surface area contributed by atoms with Crippen LogP contribution in [0.4, 0.5) is 0 Å². The largest absolute Gasteiger partial charge is 0.411 e. The van der Waals surface area contributed by atoms with Crippen LogP contribution in [0.15, 0.2) is 36.4 Å². The zero-order valence-electron chi connectivity index (χ0n) is 15.7. The van der Waals surface area contributed by atoms with Crippen molar-refractivity contribution in [3.8, 4) is 0 Å². The fraction of sp³-hybridized carbons (Fsp3) is 0.600. The standard InChI is InChI=1S/C20H32O3Si/c1-20(2,3)24(4,5)23-17(13-14-18-19(15-21)22-18)12-11-16-9-7-6-8-10-16/h6-12,17-19,21H,13-15H2,1-5H3/b12-11+/t17-,18-,19-/m0/s1. The summed E-state index contributed by atoms with van der Waals surface area (Å²) in [7, 11) is -1.82. The molecule has 0 saturated carbocycles. The number of ether oxygens (including phenoxy) is 1. The molecule has 2 rings (SSSR count). The van der Waals surface area contributed by atoms with Gasteiger partial charge in [0, 0.05) is 0 Å². The van der Waals surface area contributed by atoms with Crippen molar-refractivity contribution in [1.29, 1.82) is 0 Å². The lowest BCUT2D eigenvalue weighted by Crippen LogP contribution is -2.43. The number of epoxide rings is 1. The average Bonchev–Trinajstić information content (AvgIpc) is 3.28. The first-order chi connectivity index (χ1) is 11.2. The van der Waals surface area contributed by atoms with Crippen LogP contribution in [0, 0.1) is 0 Å². The number of aliphatic hydroxyl groups excluding tert-OH is 1. The van der Waals surface area contributed by atoms with Gasteiger partial charge in [0.1, 0.15) is 6.10 Å². The molecule has 0 aliphatic carbocycles. The molecule has 0 spiro atoms. The van der Waals surface area contributed by atoms with E-state index >= 15 is 0 Å². The summed E-state index contributed by atoms with van der Waals surface area (Å²) in [5.41, 5.74) is 1.19. The maximum atomic E-state index is 9.12. The zero-order valence-corrected chi connectivity index (χ0v) is 16.7. The van der Waals surface area contributed by atoms with Gasteiger partial charge in [-0.15, -0.1) is 0 Å². The molecule has 1 aliphatic heterocycles. The van der Waals surface area contributed by atoms with Crippen molar-refractivity contribution < 1.29 is 14.3 Å². The highest BCUT2D eigenvalue weighted by atomic mass is 28.4. The summed E-state index contributed by atoms with van der Waals surface area (Å²) in [5, 5.41) is 9.31. The normalized spacial score (nSPS) is 22.8. The lowest BCUT2D eigenvalue weighted by atomic mass is 10.1. The topological polar surface area (TPSA) is 42.0 Å². The molecule has 3 nitrogen and oxygen atoms in total. The molecule has 0 bridgehead atoms. The Balaban J connectivity index is 2.02. The molecular formula is C20H32O3Si. The fourth-order valence-corrected chi connectivity index (χ4v) is 3.76. The van der Waals surface area contributed by atoms with Gasteiger partial charge in [-0.1, -0.05) is 63.3 Å². The van der Waals surface area contributed by atoms with Crippen molar-refractivity contribution >= 4 is 14.4 Å². The molecule has 1 aliphatic rings. The molecular weight excluding hydrogens is 316 g/mol. The summed E-state index contributed by atoms with van der Waals surface area (Å²) in [4.78, 5) is 0. The van der Waals surface area contributed by atoms with Crippen molar-refractivity contribution in [1.82, 2.24) is 0 Å². The van der Waals surface area contributed by atoms with E-state index in [1.165, 1.54) is 5.56 Å². The van der Waals surface area contributed by atoms with E-state index in [0.29, 0.717) is 0 Å². The third-order valence-electron chi connectivity index (χ3n) is 5.16. The molecule has 0 amide bonds. The van der Waals surface area contributed by atoms with Gasteiger partial charge in [0.05, 0.1) is 18.8 Å². The molecule has 1 N–H and O–H groups in total. The molecule has 1 fully saturated rings. The molecule has 0 aromatic heterocycles. The quantitative estimate of drug-likeness (QED) is 0.550. The minimum atomic E-state index is -1.82. The van der Waals surface area contributed by atoms with E-state index in [9.17, 15) is 0 Å². The Morgan fingerprint density at radius 1 is 1.21 bits per heavy atom. The van der Waals surface area contributed by atoms with Gasteiger partial charge in [-0.2, -0.15) is 0 Å². The van der Waals surface area contributed by atoms with Crippen LogP contribution in [-0.2, 0) is 9.16 Å². The van der Waals surface area contributed by atoms with Gasteiger partial charge >= 0.3 is 0 Å². The van der Waals surface area contributed by atoms with Gasteiger partial charge in [0.2, 0.25) is 0 Å². The molecule has 1 aromatic rings. The van der Waals surface area contributed by atoms with Crippen molar-refractivity contribution in [2.75, 3.05) is 6.61 Å². The number of hydrogen-bond donors (Lipinski definition) is 1. The Bertz CT molecular complexity index is 534. The average molecular weight is 349 g/mol. The van der Waals surface area contributed by atoms with Crippen molar-refractivity contribution in [3.63, 3.8) is 0 Å². The van der Waals surface area contributed by atoms with Crippen molar-refractivity contribution in [2.24, 2.45) is 0 Å². The fourth-order valence-electron chi connectivity index (χ4n) is 2.45. The van der Waals surface area contributed by atoms with Crippen LogP contribution in [0.3, 0.4) is 0 Å². The SMILES string of the molecule is CC(C)(C)[Si](C)(C)O[C@@H](/C=C/c1ccccc1)CC[C@@H]1O[C@H]1CO. The molecule has 0 unspecified atom stereocenters. The molecule has 4 heteroatoms. The van der Waals surface area contributed by atoms with E-state index in [1.54, 1.807) is 0 Å². The van der Waals surface area contributed by atoms with Gasteiger partial charge in [0.25, 0.3) is 0 Å². The maximum Gasteiger partial charge on any atom is 0.192 e. The highest BCUT2D eigenvalue weighted by Gasteiger charge is 2.40. The molecule has 3 atom stereocenters. The molecule has 24 heavy (non-hydrogen) atoms. The zero-order chi connectivity index (χ0) is 17.8. The smallest absolute Gasteiger partial charge is 0.192 e.